The van der Waals surface area contributed by atoms with Gasteiger partial charge in [0.1, 0.15) is 11.8 Å². The monoisotopic (exact) mass is 370 g/mol. The molecular weight excluding hydrogens is 344 g/mol. The quantitative estimate of drug-likeness (QED) is 0.868. The fraction of sp³-hybridized carbons (Fsp3) is 0.450. The summed E-state index contributed by atoms with van der Waals surface area (Å²) < 4.78 is 5.22. The van der Waals surface area contributed by atoms with Crippen molar-refractivity contribution in [3.63, 3.8) is 0 Å². The van der Waals surface area contributed by atoms with Crippen molar-refractivity contribution in [1.82, 2.24) is 20.3 Å². The lowest BCUT2D eigenvalue weighted by Crippen LogP contribution is -2.53. The number of aryl methyl sites for hydroxylation is 2. The van der Waals surface area contributed by atoms with Crippen LogP contribution in [0.15, 0.2) is 34.9 Å². The predicted molar refractivity (Wildman–Crippen MR) is 101 cm³/mol. The lowest BCUT2D eigenvalue weighted by atomic mass is 10.1. The molecule has 2 aromatic rings. The Morgan fingerprint density at radius 3 is 2.41 bits per heavy atom. The van der Waals surface area contributed by atoms with Gasteiger partial charge in [0, 0.05) is 43.9 Å². The van der Waals surface area contributed by atoms with Crippen LogP contribution in [-0.4, -0.2) is 59.0 Å². The Hall–Kier alpha value is -2.67. The molecule has 0 bridgehead atoms. The SMILES string of the molecule is Cc1noc(C)c1CN1CCN(C(=O)C(C)NC(=O)c2ccccc2)CC1. The highest BCUT2D eigenvalue weighted by Gasteiger charge is 2.26. The molecule has 1 atom stereocenters. The second kappa shape index (κ2) is 8.35. The van der Waals surface area contributed by atoms with Gasteiger partial charge in [-0.2, -0.15) is 0 Å². The minimum atomic E-state index is -0.549. The number of aromatic nitrogens is 1. The third-order valence-electron chi connectivity index (χ3n) is 5.00. The average molecular weight is 370 g/mol. The van der Waals surface area contributed by atoms with E-state index in [0.29, 0.717) is 18.7 Å². The summed E-state index contributed by atoms with van der Waals surface area (Å²) in [4.78, 5) is 29.0. The Labute approximate surface area is 159 Å². The number of rotatable bonds is 5. The summed E-state index contributed by atoms with van der Waals surface area (Å²) in [7, 11) is 0. The van der Waals surface area contributed by atoms with Gasteiger partial charge in [0.25, 0.3) is 5.91 Å². The van der Waals surface area contributed by atoms with Gasteiger partial charge >= 0.3 is 0 Å². The Kier molecular flexibility index (Phi) is 5.91. The molecule has 7 nitrogen and oxygen atoms in total. The van der Waals surface area contributed by atoms with Crippen molar-refractivity contribution in [3.8, 4) is 0 Å². The molecular formula is C20H26N4O3. The van der Waals surface area contributed by atoms with Crippen LogP contribution in [0.4, 0.5) is 0 Å². The summed E-state index contributed by atoms with van der Waals surface area (Å²) in [5, 5.41) is 6.79. The van der Waals surface area contributed by atoms with E-state index < -0.39 is 6.04 Å². The minimum absolute atomic E-state index is 0.0451. The highest BCUT2D eigenvalue weighted by Crippen LogP contribution is 2.16. The van der Waals surface area contributed by atoms with E-state index in [1.165, 1.54) is 0 Å². The van der Waals surface area contributed by atoms with Gasteiger partial charge in [0.2, 0.25) is 5.91 Å². The van der Waals surface area contributed by atoms with Gasteiger partial charge in [-0.3, -0.25) is 14.5 Å². The molecule has 1 aliphatic rings. The molecule has 1 fully saturated rings. The van der Waals surface area contributed by atoms with Gasteiger partial charge in [0.05, 0.1) is 5.69 Å². The molecule has 0 aliphatic carbocycles. The molecule has 144 valence electrons. The molecule has 1 aliphatic heterocycles. The van der Waals surface area contributed by atoms with Crippen molar-refractivity contribution in [2.75, 3.05) is 26.2 Å². The van der Waals surface area contributed by atoms with Crippen LogP contribution < -0.4 is 5.32 Å². The molecule has 1 aromatic heterocycles. The third-order valence-corrected chi connectivity index (χ3v) is 5.00. The molecule has 0 saturated carbocycles. The van der Waals surface area contributed by atoms with E-state index in [9.17, 15) is 9.59 Å². The molecule has 1 unspecified atom stereocenters. The molecule has 2 amide bonds. The van der Waals surface area contributed by atoms with Crippen LogP contribution in [0.25, 0.3) is 0 Å². The number of carbonyl (C=O) groups excluding carboxylic acids is 2. The standard InChI is InChI=1S/C20H26N4O3/c1-14-18(16(3)27-22-14)13-23-9-11-24(12-10-23)20(26)15(2)21-19(25)17-7-5-4-6-8-17/h4-8,15H,9-13H2,1-3H3,(H,21,25). The first-order valence-electron chi connectivity index (χ1n) is 9.24. The second-order valence-corrected chi connectivity index (χ2v) is 6.97. The van der Waals surface area contributed by atoms with E-state index in [-0.39, 0.29) is 11.8 Å². The van der Waals surface area contributed by atoms with Gasteiger partial charge in [-0.25, -0.2) is 0 Å². The first-order valence-corrected chi connectivity index (χ1v) is 9.24. The lowest BCUT2D eigenvalue weighted by Gasteiger charge is -2.36. The Balaban J connectivity index is 1.50. The molecule has 1 saturated heterocycles. The first kappa shape index (κ1) is 19.1. The van der Waals surface area contributed by atoms with E-state index in [4.69, 9.17) is 4.52 Å². The van der Waals surface area contributed by atoms with Crippen molar-refractivity contribution >= 4 is 11.8 Å². The smallest absolute Gasteiger partial charge is 0.251 e. The first-order chi connectivity index (χ1) is 13.0. The largest absolute Gasteiger partial charge is 0.361 e. The molecule has 1 N–H and O–H groups in total. The van der Waals surface area contributed by atoms with E-state index in [1.807, 2.05) is 24.8 Å². The van der Waals surface area contributed by atoms with Crippen LogP contribution in [-0.2, 0) is 11.3 Å². The summed E-state index contributed by atoms with van der Waals surface area (Å²) in [5.41, 5.74) is 2.60. The normalized spacial score (nSPS) is 16.2. The minimum Gasteiger partial charge on any atom is -0.361 e. The van der Waals surface area contributed by atoms with Gasteiger partial charge in [-0.05, 0) is 32.9 Å². The lowest BCUT2D eigenvalue weighted by molar-refractivity contribution is -0.134. The summed E-state index contributed by atoms with van der Waals surface area (Å²) in [5.74, 6) is 0.577. The Bertz CT molecular complexity index is 775. The number of benzene rings is 1. The molecule has 7 heteroatoms. The Morgan fingerprint density at radius 2 is 1.81 bits per heavy atom. The van der Waals surface area contributed by atoms with Crippen LogP contribution in [0.3, 0.4) is 0 Å². The van der Waals surface area contributed by atoms with E-state index in [0.717, 1.165) is 36.7 Å². The van der Waals surface area contributed by atoms with Crippen LogP contribution in [0.1, 0.15) is 34.3 Å². The van der Waals surface area contributed by atoms with Gasteiger partial charge in [0.15, 0.2) is 0 Å². The third kappa shape index (κ3) is 4.54. The maximum Gasteiger partial charge on any atom is 0.251 e. The van der Waals surface area contributed by atoms with Crippen LogP contribution in [0.5, 0.6) is 0 Å². The van der Waals surface area contributed by atoms with Gasteiger partial charge in [-0.1, -0.05) is 23.4 Å². The zero-order valence-electron chi connectivity index (χ0n) is 16.1. The Morgan fingerprint density at radius 1 is 1.15 bits per heavy atom. The van der Waals surface area contributed by atoms with Crippen LogP contribution in [0, 0.1) is 13.8 Å². The predicted octanol–water partition coefficient (Wildman–Crippen LogP) is 1.75. The van der Waals surface area contributed by atoms with Crippen molar-refractivity contribution in [1.29, 1.82) is 0 Å². The van der Waals surface area contributed by atoms with Gasteiger partial charge in [-0.15, -0.1) is 0 Å². The average Bonchev–Trinajstić information content (AvgIpc) is 3.00. The molecule has 27 heavy (non-hydrogen) atoms. The molecule has 2 heterocycles. The molecule has 3 rings (SSSR count). The second-order valence-electron chi connectivity index (χ2n) is 6.97. The maximum atomic E-state index is 12.7. The van der Waals surface area contributed by atoms with E-state index >= 15 is 0 Å². The number of piperazine rings is 1. The van der Waals surface area contributed by atoms with Gasteiger partial charge < -0.3 is 14.7 Å². The van der Waals surface area contributed by atoms with Crippen molar-refractivity contribution in [3.05, 3.63) is 52.9 Å². The van der Waals surface area contributed by atoms with Crippen molar-refractivity contribution in [2.24, 2.45) is 0 Å². The zero-order valence-corrected chi connectivity index (χ0v) is 16.1. The van der Waals surface area contributed by atoms with Crippen molar-refractivity contribution < 1.29 is 14.1 Å². The summed E-state index contributed by atoms with van der Waals surface area (Å²) in [6.07, 6.45) is 0. The number of hydrogen-bond donors (Lipinski definition) is 1. The summed E-state index contributed by atoms with van der Waals surface area (Å²) >= 11 is 0. The zero-order chi connectivity index (χ0) is 19.4. The van der Waals surface area contributed by atoms with Crippen molar-refractivity contribution in [2.45, 2.75) is 33.4 Å². The fourth-order valence-corrected chi connectivity index (χ4v) is 3.28. The van der Waals surface area contributed by atoms with E-state index in [1.54, 1.807) is 31.2 Å². The topological polar surface area (TPSA) is 78.7 Å². The number of nitrogens with one attached hydrogen (secondary N) is 1. The fourth-order valence-electron chi connectivity index (χ4n) is 3.28. The molecule has 0 spiro atoms. The number of amides is 2. The molecule has 0 radical (unpaired) electrons. The summed E-state index contributed by atoms with van der Waals surface area (Å²) in [6, 6.07) is 8.39. The molecule has 1 aromatic carbocycles. The van der Waals surface area contributed by atoms with Crippen LogP contribution >= 0.6 is 0 Å². The van der Waals surface area contributed by atoms with E-state index in [2.05, 4.69) is 15.4 Å². The maximum absolute atomic E-state index is 12.7. The number of hydrogen-bond acceptors (Lipinski definition) is 5. The summed E-state index contributed by atoms with van der Waals surface area (Å²) in [6.45, 7) is 9.25. The number of carbonyl (C=O) groups is 2. The highest BCUT2D eigenvalue weighted by molar-refractivity contribution is 5.97. The van der Waals surface area contributed by atoms with Crippen LogP contribution in [0.2, 0.25) is 0 Å². The highest BCUT2D eigenvalue weighted by atomic mass is 16.5. The number of nitrogens with zero attached hydrogens (tertiary/aromatic N) is 3.